The van der Waals surface area contributed by atoms with Crippen molar-refractivity contribution in [3.8, 4) is 11.3 Å². The van der Waals surface area contributed by atoms with Gasteiger partial charge in [-0.25, -0.2) is 0 Å². The van der Waals surface area contributed by atoms with Crippen LogP contribution < -0.4 is 4.80 Å². The third kappa shape index (κ3) is 3.94. The summed E-state index contributed by atoms with van der Waals surface area (Å²) in [5, 5.41) is 11.2. The molecule has 6 nitrogen and oxygen atoms in total. The van der Waals surface area contributed by atoms with Gasteiger partial charge in [0.1, 0.15) is 5.56 Å². The lowest BCUT2D eigenvalue weighted by atomic mass is 10.1. The van der Waals surface area contributed by atoms with E-state index >= 15 is 0 Å². The van der Waals surface area contributed by atoms with Crippen molar-refractivity contribution < 1.29 is 9.72 Å². The highest BCUT2D eigenvalue weighted by molar-refractivity contribution is 7.09. The summed E-state index contributed by atoms with van der Waals surface area (Å²) in [6.07, 6.45) is 1.85. The van der Waals surface area contributed by atoms with Gasteiger partial charge in [-0.15, -0.1) is 11.3 Å². The van der Waals surface area contributed by atoms with Crippen LogP contribution in [0.3, 0.4) is 0 Å². The van der Waals surface area contributed by atoms with E-state index in [1.54, 1.807) is 12.1 Å². The number of carbonyl (C=O) groups excluding carboxylic acids is 1. The lowest BCUT2D eigenvalue weighted by Crippen LogP contribution is -2.17. The minimum Gasteiger partial charge on any atom is -0.316 e. The van der Waals surface area contributed by atoms with Crippen LogP contribution >= 0.6 is 11.3 Å². The second-order valence-electron chi connectivity index (χ2n) is 6.21. The van der Waals surface area contributed by atoms with Gasteiger partial charge in [0.05, 0.1) is 10.6 Å². The standard InChI is InChI=1S/C21H21N3O3S/c1-3-10-18-19(15-11-6-5-7-12-15)23(4-2)21(28-18)22-20(25)16-13-8-9-14-17(16)24(26)27/h5-9,11-14H,3-4,10H2,1-2H3. The number of thiazole rings is 1. The van der Waals surface area contributed by atoms with Crippen LogP contribution in [0, 0.1) is 10.1 Å². The number of rotatable bonds is 6. The maximum Gasteiger partial charge on any atom is 0.286 e. The summed E-state index contributed by atoms with van der Waals surface area (Å²) in [4.78, 5) is 29.4. The predicted octanol–water partition coefficient (Wildman–Crippen LogP) is 4.84. The number of hydrogen-bond donors (Lipinski definition) is 0. The first kappa shape index (κ1) is 19.7. The van der Waals surface area contributed by atoms with Crippen LogP contribution in [0.5, 0.6) is 0 Å². The fourth-order valence-electron chi connectivity index (χ4n) is 3.11. The van der Waals surface area contributed by atoms with Crippen LogP contribution in [0.25, 0.3) is 11.3 Å². The number of para-hydroxylation sites is 1. The molecular weight excluding hydrogens is 374 g/mol. The molecule has 0 N–H and O–H groups in total. The Balaban J connectivity index is 2.17. The van der Waals surface area contributed by atoms with Crippen molar-refractivity contribution >= 4 is 22.9 Å². The minimum atomic E-state index is -0.599. The van der Waals surface area contributed by atoms with Crippen molar-refractivity contribution in [1.29, 1.82) is 0 Å². The maximum atomic E-state index is 12.7. The molecule has 1 heterocycles. The lowest BCUT2D eigenvalue weighted by molar-refractivity contribution is -0.385. The number of aryl methyl sites for hydroxylation is 1. The number of aromatic nitrogens is 1. The molecule has 3 aromatic rings. The number of nitro benzene ring substituents is 1. The van der Waals surface area contributed by atoms with Gasteiger partial charge in [0.15, 0.2) is 4.80 Å². The average Bonchev–Trinajstić information content (AvgIpc) is 3.05. The first-order valence-electron chi connectivity index (χ1n) is 9.17. The molecule has 1 aromatic heterocycles. The van der Waals surface area contributed by atoms with Crippen molar-refractivity contribution in [3.63, 3.8) is 0 Å². The molecule has 28 heavy (non-hydrogen) atoms. The molecule has 0 bridgehead atoms. The van der Waals surface area contributed by atoms with Gasteiger partial charge in [-0.3, -0.25) is 14.9 Å². The molecule has 0 aliphatic rings. The van der Waals surface area contributed by atoms with E-state index in [9.17, 15) is 14.9 Å². The normalized spacial score (nSPS) is 11.6. The molecule has 0 aliphatic heterocycles. The van der Waals surface area contributed by atoms with Crippen molar-refractivity contribution in [2.75, 3.05) is 0 Å². The molecule has 3 rings (SSSR count). The van der Waals surface area contributed by atoms with Crippen molar-refractivity contribution in [3.05, 3.63) is 80.0 Å². The van der Waals surface area contributed by atoms with E-state index in [2.05, 4.69) is 11.9 Å². The van der Waals surface area contributed by atoms with Gasteiger partial charge in [0.2, 0.25) is 0 Å². The number of nitrogens with zero attached hydrogens (tertiary/aromatic N) is 3. The highest BCUT2D eigenvalue weighted by Crippen LogP contribution is 2.27. The van der Waals surface area contributed by atoms with E-state index < -0.39 is 10.8 Å². The summed E-state index contributed by atoms with van der Waals surface area (Å²) in [7, 11) is 0. The first-order valence-corrected chi connectivity index (χ1v) is 9.98. The second kappa shape index (κ2) is 8.75. The van der Waals surface area contributed by atoms with E-state index in [0.717, 1.165) is 29.0 Å². The quantitative estimate of drug-likeness (QED) is 0.443. The molecule has 0 unspecified atom stereocenters. The van der Waals surface area contributed by atoms with E-state index in [1.807, 2.05) is 41.8 Å². The zero-order valence-corrected chi connectivity index (χ0v) is 16.6. The summed E-state index contributed by atoms with van der Waals surface area (Å²) in [6, 6.07) is 15.9. The third-order valence-electron chi connectivity index (χ3n) is 4.35. The number of hydrogen-bond acceptors (Lipinski definition) is 4. The van der Waals surface area contributed by atoms with Gasteiger partial charge in [0, 0.05) is 17.5 Å². The van der Waals surface area contributed by atoms with Crippen LogP contribution in [0.1, 0.15) is 35.5 Å². The number of amides is 1. The molecule has 0 atom stereocenters. The first-order chi connectivity index (χ1) is 13.6. The highest BCUT2D eigenvalue weighted by Gasteiger charge is 2.20. The third-order valence-corrected chi connectivity index (χ3v) is 5.49. The monoisotopic (exact) mass is 395 g/mol. The topological polar surface area (TPSA) is 77.5 Å². The van der Waals surface area contributed by atoms with Crippen LogP contribution in [-0.2, 0) is 13.0 Å². The Hall–Kier alpha value is -3.06. The molecule has 0 fully saturated rings. The van der Waals surface area contributed by atoms with E-state index in [0.29, 0.717) is 11.3 Å². The van der Waals surface area contributed by atoms with Gasteiger partial charge >= 0.3 is 0 Å². The summed E-state index contributed by atoms with van der Waals surface area (Å²) < 4.78 is 2.01. The number of benzene rings is 2. The largest absolute Gasteiger partial charge is 0.316 e. The SMILES string of the molecule is CCCc1sc(=NC(=O)c2ccccc2[N+](=O)[O-])n(CC)c1-c1ccccc1. The molecule has 144 valence electrons. The van der Waals surface area contributed by atoms with E-state index in [4.69, 9.17) is 0 Å². The average molecular weight is 395 g/mol. The minimum absolute atomic E-state index is 0.00172. The van der Waals surface area contributed by atoms with Crippen molar-refractivity contribution in [2.45, 2.75) is 33.2 Å². The van der Waals surface area contributed by atoms with Gasteiger partial charge in [-0.2, -0.15) is 4.99 Å². The lowest BCUT2D eigenvalue weighted by Gasteiger charge is -2.08. The Morgan fingerprint density at radius 2 is 1.79 bits per heavy atom. The van der Waals surface area contributed by atoms with Gasteiger partial charge in [0.25, 0.3) is 11.6 Å². The predicted molar refractivity (Wildman–Crippen MR) is 110 cm³/mol. The number of carbonyl (C=O) groups is 1. The molecular formula is C21H21N3O3S. The zero-order chi connectivity index (χ0) is 20.1. The summed E-state index contributed by atoms with van der Waals surface area (Å²) in [5.74, 6) is -0.599. The fraction of sp³-hybridized carbons (Fsp3) is 0.238. The highest BCUT2D eigenvalue weighted by atomic mass is 32.1. The molecule has 1 amide bonds. The molecule has 0 spiro atoms. The molecule has 2 aromatic carbocycles. The van der Waals surface area contributed by atoms with Crippen LogP contribution in [0.2, 0.25) is 0 Å². The molecule has 0 radical (unpaired) electrons. The Kier molecular flexibility index (Phi) is 6.16. The fourth-order valence-corrected chi connectivity index (χ4v) is 4.42. The van der Waals surface area contributed by atoms with Crippen molar-refractivity contribution in [2.24, 2.45) is 4.99 Å². The van der Waals surface area contributed by atoms with Crippen molar-refractivity contribution in [1.82, 2.24) is 4.57 Å². The van der Waals surface area contributed by atoms with Crippen LogP contribution in [0.4, 0.5) is 5.69 Å². The smallest absolute Gasteiger partial charge is 0.286 e. The van der Waals surface area contributed by atoms with Crippen LogP contribution in [-0.4, -0.2) is 15.4 Å². The van der Waals surface area contributed by atoms with Crippen LogP contribution in [0.15, 0.2) is 59.6 Å². The Labute approximate surface area is 167 Å². The molecule has 0 aliphatic carbocycles. The summed E-state index contributed by atoms with van der Waals surface area (Å²) in [5.41, 5.74) is 1.91. The zero-order valence-electron chi connectivity index (χ0n) is 15.8. The second-order valence-corrected chi connectivity index (χ2v) is 7.27. The Morgan fingerprint density at radius 1 is 1.11 bits per heavy atom. The van der Waals surface area contributed by atoms with Gasteiger partial charge in [-0.1, -0.05) is 55.8 Å². The van der Waals surface area contributed by atoms with E-state index in [-0.39, 0.29) is 11.3 Å². The maximum absolute atomic E-state index is 12.7. The summed E-state index contributed by atoms with van der Waals surface area (Å²) >= 11 is 1.47. The Morgan fingerprint density at radius 3 is 2.43 bits per heavy atom. The van der Waals surface area contributed by atoms with E-state index in [1.165, 1.54) is 23.5 Å². The van der Waals surface area contributed by atoms with Gasteiger partial charge < -0.3 is 4.57 Å². The Bertz CT molecular complexity index is 1070. The van der Waals surface area contributed by atoms with Gasteiger partial charge in [-0.05, 0) is 25.0 Å². The molecule has 0 saturated carbocycles. The molecule has 0 saturated heterocycles. The number of nitro groups is 1. The molecule has 7 heteroatoms. The summed E-state index contributed by atoms with van der Waals surface area (Å²) in [6.45, 7) is 4.76.